The van der Waals surface area contributed by atoms with Crippen molar-refractivity contribution in [3.05, 3.63) is 0 Å². The quantitative estimate of drug-likeness (QED) is 0.201. The Bertz CT molecular complexity index is 1180. The van der Waals surface area contributed by atoms with E-state index >= 15 is 0 Å². The van der Waals surface area contributed by atoms with Crippen LogP contribution in [0.3, 0.4) is 0 Å². The zero-order valence-corrected chi connectivity index (χ0v) is 23.5. The SMILES string of the molecule is CS(OS(=O)(=O)C(F)(F)C(F)(F)C(F)(F)C(F)(F)C(F)(F)C(F)(F)C(F)(F)C(F)(F)F)(C1CCCCC1)C1CCCCC1=O. The van der Waals surface area contributed by atoms with Crippen molar-refractivity contribution in [2.24, 2.45) is 0 Å². The average molecular weight is 727 g/mol. The Balaban J connectivity index is 2.66. The van der Waals surface area contributed by atoms with Gasteiger partial charge in [-0.05, 0) is 31.9 Å². The van der Waals surface area contributed by atoms with Crippen LogP contribution in [0.2, 0.25) is 0 Å². The number of Topliss-reactive ketones (excluding diaryl/α,β-unsaturated/α-hetero) is 1. The topological polar surface area (TPSA) is 60.4 Å². The molecule has 0 heterocycles. The third kappa shape index (κ3) is 5.54. The van der Waals surface area contributed by atoms with E-state index in [2.05, 4.69) is 3.63 Å². The minimum atomic E-state index is -8.92. The molecule has 0 N–H and O–H groups in total. The maximum atomic E-state index is 14.8. The highest BCUT2D eigenvalue weighted by atomic mass is 32.3. The van der Waals surface area contributed by atoms with Gasteiger partial charge in [-0.15, -0.1) is 10.3 Å². The Hall–Kier alpha value is -1.26. The van der Waals surface area contributed by atoms with Crippen molar-refractivity contribution >= 4 is 26.2 Å². The summed E-state index contributed by atoms with van der Waals surface area (Å²) in [6, 6.07) is 0. The van der Waals surface area contributed by atoms with Crippen LogP contribution in [0.15, 0.2) is 0 Å². The van der Waals surface area contributed by atoms with Crippen LogP contribution in [0.4, 0.5) is 74.6 Å². The minimum absolute atomic E-state index is 0.0873. The number of halogens is 17. The number of hydrogen-bond donors (Lipinski definition) is 0. The molecule has 2 unspecified atom stereocenters. The molecule has 0 spiro atoms. The van der Waals surface area contributed by atoms with Crippen LogP contribution >= 0.6 is 10.3 Å². The molecular formula is C21H23F17O4S2. The third-order valence-corrected chi connectivity index (χ3v) is 13.7. The molecular weight excluding hydrogens is 703 g/mol. The van der Waals surface area contributed by atoms with Crippen LogP contribution in [-0.2, 0) is 18.5 Å². The largest absolute Gasteiger partial charge is 0.460 e. The Morgan fingerprint density at radius 3 is 1.36 bits per heavy atom. The summed E-state index contributed by atoms with van der Waals surface area (Å²) in [6.07, 6.45) is -6.68. The molecule has 23 heteroatoms. The second kappa shape index (κ2) is 11.5. The summed E-state index contributed by atoms with van der Waals surface area (Å²) in [5, 5.41) is -10.5. The zero-order chi connectivity index (χ0) is 34.8. The monoisotopic (exact) mass is 726 g/mol. The van der Waals surface area contributed by atoms with E-state index in [0.717, 1.165) is 6.26 Å². The summed E-state index contributed by atoms with van der Waals surface area (Å²) in [4.78, 5) is 12.6. The maximum Gasteiger partial charge on any atom is 0.460 e. The van der Waals surface area contributed by atoms with Crippen molar-refractivity contribution < 1.29 is 91.5 Å². The summed E-state index contributed by atoms with van der Waals surface area (Å²) in [5.41, 5.74) is 0. The molecule has 44 heavy (non-hydrogen) atoms. The smallest absolute Gasteiger partial charge is 0.298 e. The molecule has 2 rings (SSSR count). The fourth-order valence-electron chi connectivity index (χ4n) is 4.86. The van der Waals surface area contributed by atoms with Crippen molar-refractivity contribution in [2.45, 2.75) is 115 Å². The van der Waals surface area contributed by atoms with Gasteiger partial charge in [-0.25, -0.2) is 3.63 Å². The summed E-state index contributed by atoms with van der Waals surface area (Å²) in [5.74, 6) is -52.9. The van der Waals surface area contributed by atoms with Crippen molar-refractivity contribution in [1.29, 1.82) is 0 Å². The van der Waals surface area contributed by atoms with Crippen LogP contribution in [-0.4, -0.2) is 77.9 Å². The van der Waals surface area contributed by atoms with E-state index < -0.39 is 83.7 Å². The normalized spacial score (nSPS) is 23.8. The lowest BCUT2D eigenvalue weighted by molar-refractivity contribution is -0.458. The molecule has 0 amide bonds. The third-order valence-electron chi connectivity index (χ3n) is 7.52. The second-order valence-electron chi connectivity index (χ2n) is 10.4. The molecule has 2 atom stereocenters. The summed E-state index contributed by atoms with van der Waals surface area (Å²) >= 11 is 0. The average Bonchev–Trinajstić information content (AvgIpc) is 2.87. The minimum Gasteiger partial charge on any atom is -0.298 e. The molecule has 0 saturated heterocycles. The summed E-state index contributed by atoms with van der Waals surface area (Å²) in [6.45, 7) is 0. The van der Waals surface area contributed by atoms with Gasteiger partial charge < -0.3 is 0 Å². The van der Waals surface area contributed by atoms with E-state index in [4.69, 9.17) is 0 Å². The lowest BCUT2D eigenvalue weighted by atomic mass is 9.91. The molecule has 0 radical (unpaired) electrons. The van der Waals surface area contributed by atoms with Gasteiger partial charge in [0.15, 0.2) is 0 Å². The van der Waals surface area contributed by atoms with Gasteiger partial charge in [-0.2, -0.15) is 83.1 Å². The number of ketones is 1. The fraction of sp³-hybridized carbons (Fsp3) is 0.952. The van der Waals surface area contributed by atoms with Gasteiger partial charge in [-0.1, -0.05) is 25.7 Å². The van der Waals surface area contributed by atoms with Crippen molar-refractivity contribution in [3.8, 4) is 0 Å². The van der Waals surface area contributed by atoms with E-state index in [1.807, 2.05) is 0 Å². The van der Waals surface area contributed by atoms with E-state index in [0.29, 0.717) is 6.42 Å². The standard InChI is InChI=1S/C21H23F17O4S2/c1-43(11-7-3-2-4-8-11,13-10-6-5-9-12(13)39)42-44(40,41)21(37,38)19(32,33)17(28,29)15(24,25)14(22,23)16(26,27)18(30,31)20(34,35)36/h11,13H,2-10H2,1H3. The van der Waals surface area contributed by atoms with E-state index in [1.165, 1.54) is 0 Å². The first kappa shape index (κ1) is 38.9. The van der Waals surface area contributed by atoms with Crippen LogP contribution in [0, 0.1) is 0 Å². The predicted molar refractivity (Wildman–Crippen MR) is 118 cm³/mol. The van der Waals surface area contributed by atoms with Crippen LogP contribution < -0.4 is 0 Å². The molecule has 2 saturated carbocycles. The summed E-state index contributed by atoms with van der Waals surface area (Å²) in [7, 11) is -11.7. The summed E-state index contributed by atoms with van der Waals surface area (Å²) < 4.78 is 261. The number of alkyl halides is 17. The van der Waals surface area contributed by atoms with Crippen molar-refractivity contribution in [2.75, 3.05) is 6.26 Å². The Morgan fingerprint density at radius 2 is 0.955 bits per heavy atom. The van der Waals surface area contributed by atoms with Gasteiger partial charge in [0, 0.05) is 11.7 Å². The molecule has 2 aliphatic rings. The van der Waals surface area contributed by atoms with Crippen molar-refractivity contribution in [3.63, 3.8) is 0 Å². The Kier molecular flexibility index (Phi) is 10.1. The molecule has 262 valence electrons. The molecule has 0 aliphatic heterocycles. The van der Waals surface area contributed by atoms with Gasteiger partial charge in [-0.3, -0.25) is 4.79 Å². The van der Waals surface area contributed by atoms with Crippen LogP contribution in [0.1, 0.15) is 57.8 Å². The highest BCUT2D eigenvalue weighted by molar-refractivity contribution is 8.33. The van der Waals surface area contributed by atoms with Gasteiger partial charge >= 0.3 is 57.1 Å². The van der Waals surface area contributed by atoms with E-state index in [9.17, 15) is 87.8 Å². The van der Waals surface area contributed by atoms with Gasteiger partial charge in [0.05, 0.1) is 5.25 Å². The Labute approximate surface area is 239 Å². The second-order valence-corrected chi connectivity index (χ2v) is 15.5. The molecule has 0 aromatic heterocycles. The van der Waals surface area contributed by atoms with Crippen molar-refractivity contribution in [1.82, 2.24) is 0 Å². The lowest BCUT2D eigenvalue weighted by Gasteiger charge is -2.49. The first-order chi connectivity index (χ1) is 19.3. The number of carbonyl (C=O) groups excluding carboxylic acids is 1. The van der Waals surface area contributed by atoms with Gasteiger partial charge in [0.2, 0.25) is 0 Å². The van der Waals surface area contributed by atoms with Gasteiger partial charge in [0.1, 0.15) is 5.78 Å². The van der Waals surface area contributed by atoms with Gasteiger partial charge in [0.25, 0.3) is 0 Å². The zero-order valence-electron chi connectivity index (χ0n) is 21.9. The number of carbonyl (C=O) groups is 1. The number of hydrogen-bond acceptors (Lipinski definition) is 4. The first-order valence-electron chi connectivity index (χ1n) is 12.3. The lowest BCUT2D eigenvalue weighted by Crippen LogP contribution is -2.75. The number of rotatable bonds is 11. The molecule has 2 aliphatic carbocycles. The van der Waals surface area contributed by atoms with Crippen LogP contribution in [0.25, 0.3) is 0 Å². The van der Waals surface area contributed by atoms with Crippen LogP contribution in [0.5, 0.6) is 0 Å². The molecule has 2 fully saturated rings. The highest BCUT2D eigenvalue weighted by Gasteiger charge is 2.96. The molecule has 0 bridgehead atoms. The molecule has 0 aromatic carbocycles. The molecule has 0 aromatic rings. The van der Waals surface area contributed by atoms with E-state index in [1.54, 1.807) is 0 Å². The predicted octanol–water partition coefficient (Wildman–Crippen LogP) is 8.49. The van der Waals surface area contributed by atoms with E-state index in [-0.39, 0.29) is 51.4 Å². The molecule has 4 nitrogen and oxygen atoms in total. The Morgan fingerprint density at radius 1 is 0.568 bits per heavy atom. The first-order valence-corrected chi connectivity index (χ1v) is 15.8. The highest BCUT2D eigenvalue weighted by Crippen LogP contribution is 2.67. The maximum absolute atomic E-state index is 14.8. The fourth-order valence-corrected chi connectivity index (χ4v) is 11.0.